The van der Waals surface area contributed by atoms with Crippen molar-refractivity contribution in [2.24, 2.45) is 0 Å². The minimum absolute atomic E-state index is 0.115. The minimum Gasteiger partial charge on any atom is -0.493 e. The fourth-order valence-electron chi connectivity index (χ4n) is 1.63. The first-order chi connectivity index (χ1) is 10.5. The summed E-state index contributed by atoms with van der Waals surface area (Å²) >= 11 is 5.26. The Morgan fingerprint density at radius 3 is 2.18 bits per heavy atom. The highest BCUT2D eigenvalue weighted by atomic mass is 35.5. The number of methoxy groups -OCH3 is 2. The quantitative estimate of drug-likeness (QED) is 0.316. The first-order valence-corrected chi connectivity index (χ1v) is 6.75. The van der Waals surface area contributed by atoms with Gasteiger partial charge in [0.2, 0.25) is 11.0 Å². The highest BCUT2D eigenvalue weighted by molar-refractivity contribution is 6.66. The topological polar surface area (TPSA) is 71.1 Å². The van der Waals surface area contributed by atoms with Gasteiger partial charge >= 0.3 is 5.97 Å². The second-order valence-electron chi connectivity index (χ2n) is 4.08. The lowest BCUT2D eigenvalue weighted by molar-refractivity contribution is -0.141. The van der Waals surface area contributed by atoms with E-state index < -0.39 is 5.24 Å². The summed E-state index contributed by atoms with van der Waals surface area (Å²) in [6.45, 7) is 1.59. The van der Waals surface area contributed by atoms with Crippen LogP contribution in [0.1, 0.15) is 12.5 Å². The standard InChI is InChI=1S/C15H17ClO6/c1-10(17)21-6-7-22-15-12(19-2)8-11(4-5-14(16)18)9-13(15)20-3/h4-5,8-9H,6-7H2,1-3H3/b5-4+. The molecule has 0 aromatic heterocycles. The van der Waals surface area contributed by atoms with Crippen LogP contribution in [0.2, 0.25) is 0 Å². The Morgan fingerprint density at radius 1 is 1.14 bits per heavy atom. The molecular weight excluding hydrogens is 312 g/mol. The Bertz CT molecular complexity index is 542. The van der Waals surface area contributed by atoms with Gasteiger partial charge in [-0.3, -0.25) is 9.59 Å². The predicted octanol–water partition coefficient (Wildman–Crippen LogP) is 2.42. The average molecular weight is 329 g/mol. The molecule has 22 heavy (non-hydrogen) atoms. The van der Waals surface area contributed by atoms with Crippen molar-refractivity contribution in [1.29, 1.82) is 0 Å². The molecule has 0 unspecified atom stereocenters. The molecule has 1 rings (SSSR count). The third-order valence-corrected chi connectivity index (χ3v) is 2.65. The molecule has 7 heteroatoms. The molecule has 0 aliphatic carbocycles. The van der Waals surface area contributed by atoms with E-state index in [4.69, 9.17) is 30.5 Å². The van der Waals surface area contributed by atoms with Crippen molar-refractivity contribution in [2.45, 2.75) is 6.92 Å². The van der Waals surface area contributed by atoms with E-state index in [-0.39, 0.29) is 19.2 Å². The molecule has 0 fully saturated rings. The Balaban J connectivity index is 2.95. The molecule has 0 bridgehead atoms. The third kappa shape index (κ3) is 5.65. The molecule has 0 N–H and O–H groups in total. The van der Waals surface area contributed by atoms with E-state index in [1.165, 1.54) is 33.3 Å². The van der Waals surface area contributed by atoms with E-state index in [9.17, 15) is 9.59 Å². The van der Waals surface area contributed by atoms with Crippen molar-refractivity contribution in [3.05, 3.63) is 23.8 Å². The van der Waals surface area contributed by atoms with Gasteiger partial charge in [-0.2, -0.15) is 0 Å². The molecule has 0 amide bonds. The van der Waals surface area contributed by atoms with E-state index >= 15 is 0 Å². The maximum atomic E-state index is 10.8. The van der Waals surface area contributed by atoms with Crippen LogP contribution >= 0.6 is 11.6 Å². The smallest absolute Gasteiger partial charge is 0.302 e. The Morgan fingerprint density at radius 2 is 1.73 bits per heavy atom. The second-order valence-corrected chi connectivity index (χ2v) is 4.45. The van der Waals surface area contributed by atoms with Gasteiger partial charge in [-0.25, -0.2) is 0 Å². The van der Waals surface area contributed by atoms with E-state index in [2.05, 4.69) is 0 Å². The number of hydrogen-bond acceptors (Lipinski definition) is 6. The summed E-state index contributed by atoms with van der Waals surface area (Å²) in [5.41, 5.74) is 0.662. The van der Waals surface area contributed by atoms with E-state index in [0.717, 1.165) is 0 Å². The summed E-state index contributed by atoms with van der Waals surface area (Å²) in [5.74, 6) is 0.841. The van der Waals surface area contributed by atoms with Crippen LogP contribution in [0.5, 0.6) is 17.2 Å². The molecule has 0 radical (unpaired) electrons. The Labute approximate surface area is 133 Å². The van der Waals surface area contributed by atoms with Crippen LogP contribution in [0.3, 0.4) is 0 Å². The first kappa shape index (κ1) is 17.8. The zero-order valence-electron chi connectivity index (χ0n) is 12.6. The van der Waals surface area contributed by atoms with E-state index in [1.807, 2.05) is 0 Å². The maximum Gasteiger partial charge on any atom is 0.302 e. The Hall–Kier alpha value is -2.21. The molecule has 0 atom stereocenters. The van der Waals surface area contributed by atoms with Crippen molar-refractivity contribution in [1.82, 2.24) is 0 Å². The summed E-state index contributed by atoms with van der Waals surface area (Å²) in [6.07, 6.45) is 2.75. The first-order valence-electron chi connectivity index (χ1n) is 6.37. The van der Waals surface area contributed by atoms with Crippen molar-refractivity contribution in [3.8, 4) is 17.2 Å². The van der Waals surface area contributed by atoms with Gasteiger partial charge in [0.1, 0.15) is 13.2 Å². The van der Waals surface area contributed by atoms with Gasteiger partial charge in [-0.05, 0) is 41.4 Å². The van der Waals surface area contributed by atoms with E-state index in [0.29, 0.717) is 22.8 Å². The van der Waals surface area contributed by atoms with Crippen LogP contribution in [0.25, 0.3) is 6.08 Å². The second kappa shape index (κ2) is 8.94. The van der Waals surface area contributed by atoms with Crippen LogP contribution in [-0.2, 0) is 14.3 Å². The minimum atomic E-state index is -0.584. The number of rotatable bonds is 8. The van der Waals surface area contributed by atoms with Crippen LogP contribution in [0.4, 0.5) is 0 Å². The fraction of sp³-hybridized carbons (Fsp3) is 0.333. The molecule has 0 saturated carbocycles. The van der Waals surface area contributed by atoms with Gasteiger partial charge in [-0.1, -0.05) is 0 Å². The summed E-state index contributed by atoms with van der Waals surface area (Å²) in [4.78, 5) is 21.5. The normalized spacial score (nSPS) is 10.4. The van der Waals surface area contributed by atoms with Crippen LogP contribution in [0.15, 0.2) is 18.2 Å². The van der Waals surface area contributed by atoms with Gasteiger partial charge in [0.05, 0.1) is 14.2 Å². The number of halogens is 1. The molecule has 120 valence electrons. The number of hydrogen-bond donors (Lipinski definition) is 0. The summed E-state index contributed by atoms with van der Waals surface area (Å²) < 4.78 is 20.8. The largest absolute Gasteiger partial charge is 0.493 e. The maximum absolute atomic E-state index is 10.8. The zero-order chi connectivity index (χ0) is 16.5. The van der Waals surface area contributed by atoms with Gasteiger partial charge < -0.3 is 18.9 Å². The van der Waals surface area contributed by atoms with Crippen molar-refractivity contribution in [3.63, 3.8) is 0 Å². The number of benzene rings is 1. The number of carbonyl (C=O) groups excluding carboxylic acids is 2. The van der Waals surface area contributed by atoms with Crippen molar-refractivity contribution >= 4 is 28.9 Å². The third-order valence-electron chi connectivity index (χ3n) is 2.52. The summed E-state index contributed by atoms with van der Waals surface area (Å²) in [6, 6.07) is 3.33. The highest BCUT2D eigenvalue weighted by Crippen LogP contribution is 2.38. The number of allylic oxidation sites excluding steroid dienone is 1. The molecule has 0 spiro atoms. The lowest BCUT2D eigenvalue weighted by atomic mass is 10.1. The number of carbonyl (C=O) groups is 2. The molecular formula is C15H17ClO6. The molecule has 0 heterocycles. The van der Waals surface area contributed by atoms with Crippen LogP contribution in [0, 0.1) is 0 Å². The van der Waals surface area contributed by atoms with Gasteiger partial charge in [0, 0.05) is 6.92 Å². The van der Waals surface area contributed by atoms with Gasteiger partial charge in [-0.15, -0.1) is 0 Å². The SMILES string of the molecule is COc1cc(/C=C/C(=O)Cl)cc(OC)c1OCCOC(C)=O. The predicted molar refractivity (Wildman–Crippen MR) is 81.6 cm³/mol. The Kier molecular flexibility index (Phi) is 7.25. The van der Waals surface area contributed by atoms with Crippen molar-refractivity contribution < 1.29 is 28.5 Å². The van der Waals surface area contributed by atoms with Crippen molar-refractivity contribution in [2.75, 3.05) is 27.4 Å². The average Bonchev–Trinajstić information content (AvgIpc) is 2.49. The summed E-state index contributed by atoms with van der Waals surface area (Å²) in [7, 11) is 2.96. The molecule has 1 aromatic carbocycles. The molecule has 0 aliphatic rings. The monoisotopic (exact) mass is 328 g/mol. The zero-order valence-corrected chi connectivity index (χ0v) is 13.3. The fourth-order valence-corrected chi connectivity index (χ4v) is 1.69. The highest BCUT2D eigenvalue weighted by Gasteiger charge is 2.13. The van der Waals surface area contributed by atoms with Gasteiger partial charge in [0.15, 0.2) is 11.5 Å². The number of ether oxygens (including phenoxy) is 4. The number of esters is 1. The van der Waals surface area contributed by atoms with E-state index in [1.54, 1.807) is 12.1 Å². The van der Waals surface area contributed by atoms with Crippen LogP contribution in [-0.4, -0.2) is 38.6 Å². The lowest BCUT2D eigenvalue weighted by Crippen LogP contribution is -2.10. The summed E-state index contributed by atoms with van der Waals surface area (Å²) in [5, 5.41) is -0.584. The molecule has 1 aromatic rings. The molecule has 0 saturated heterocycles. The molecule has 0 aliphatic heterocycles. The van der Waals surface area contributed by atoms with Crippen LogP contribution < -0.4 is 14.2 Å². The lowest BCUT2D eigenvalue weighted by Gasteiger charge is -2.15. The van der Waals surface area contributed by atoms with Gasteiger partial charge in [0.25, 0.3) is 0 Å². The molecule has 6 nitrogen and oxygen atoms in total.